The number of oxazole rings is 1. The van der Waals surface area contributed by atoms with Gasteiger partial charge in [0.05, 0.1) is 16.7 Å². The monoisotopic (exact) mass is 526 g/mol. The number of fused-ring (bicyclic) bond motifs is 6. The van der Waals surface area contributed by atoms with Crippen LogP contribution in [0.1, 0.15) is 0 Å². The van der Waals surface area contributed by atoms with Gasteiger partial charge < -0.3 is 13.7 Å². The summed E-state index contributed by atoms with van der Waals surface area (Å²) in [6.45, 7) is 0. The molecule has 0 amide bonds. The van der Waals surface area contributed by atoms with Crippen molar-refractivity contribution < 1.29 is 9.15 Å². The number of hydrogen-bond donors (Lipinski definition) is 0. The molecular weight excluding hydrogens is 504 g/mol. The summed E-state index contributed by atoms with van der Waals surface area (Å²) in [4.78, 5) is 4.70. The Labute approximate surface area is 235 Å². The van der Waals surface area contributed by atoms with E-state index in [-0.39, 0.29) is 0 Å². The average molecular weight is 527 g/mol. The topological polar surface area (TPSA) is 40.2 Å². The number of benzene rings is 6. The summed E-state index contributed by atoms with van der Waals surface area (Å²) in [5.74, 6) is 2.37. The van der Waals surface area contributed by atoms with Gasteiger partial charge in [-0.25, -0.2) is 4.98 Å². The van der Waals surface area contributed by atoms with Gasteiger partial charge in [0.1, 0.15) is 5.52 Å². The summed E-state index contributed by atoms with van der Waals surface area (Å²) in [5, 5.41) is 2.40. The Hall–Kier alpha value is -5.61. The lowest BCUT2D eigenvalue weighted by molar-refractivity contribution is 0.476. The standard InChI is InChI=1S/C37H22N2O2/c1-2-9-23(10-3-1)37-38-30-18-17-26(21-34(30)41-37)24-11-8-12-25(19-24)27-20-29-28-13-4-5-14-31(28)39-32-15-6-7-16-33(32)40-35(22-27)36(29)39/h1-22H. The summed E-state index contributed by atoms with van der Waals surface area (Å²) >= 11 is 0. The molecule has 0 fully saturated rings. The van der Waals surface area contributed by atoms with E-state index in [9.17, 15) is 0 Å². The van der Waals surface area contributed by atoms with E-state index in [4.69, 9.17) is 14.1 Å². The Morgan fingerprint density at radius 2 is 1.27 bits per heavy atom. The van der Waals surface area contributed by atoms with Gasteiger partial charge >= 0.3 is 0 Å². The van der Waals surface area contributed by atoms with Gasteiger partial charge in [0.2, 0.25) is 5.89 Å². The van der Waals surface area contributed by atoms with E-state index in [2.05, 4.69) is 89.5 Å². The zero-order valence-corrected chi connectivity index (χ0v) is 21.9. The molecule has 0 spiro atoms. The lowest BCUT2D eigenvalue weighted by atomic mass is 9.97. The van der Waals surface area contributed by atoms with Crippen molar-refractivity contribution in [2.45, 2.75) is 0 Å². The molecule has 41 heavy (non-hydrogen) atoms. The fourth-order valence-corrected chi connectivity index (χ4v) is 6.09. The van der Waals surface area contributed by atoms with Crippen molar-refractivity contribution in [2.24, 2.45) is 0 Å². The molecule has 6 aromatic carbocycles. The van der Waals surface area contributed by atoms with Crippen LogP contribution < -0.4 is 4.74 Å². The number of hydrogen-bond acceptors (Lipinski definition) is 3. The highest BCUT2D eigenvalue weighted by molar-refractivity contribution is 6.13. The van der Waals surface area contributed by atoms with Gasteiger partial charge in [0, 0.05) is 16.3 Å². The summed E-state index contributed by atoms with van der Waals surface area (Å²) in [7, 11) is 0. The van der Waals surface area contributed by atoms with Gasteiger partial charge in [-0.15, -0.1) is 0 Å². The van der Waals surface area contributed by atoms with Crippen molar-refractivity contribution in [3.63, 3.8) is 0 Å². The summed E-state index contributed by atoms with van der Waals surface area (Å²) in [6.07, 6.45) is 0. The Balaban J connectivity index is 1.18. The van der Waals surface area contributed by atoms with Gasteiger partial charge in [-0.05, 0) is 82.9 Å². The van der Waals surface area contributed by atoms with E-state index in [0.29, 0.717) is 5.89 Å². The quantitative estimate of drug-likeness (QED) is 0.230. The maximum atomic E-state index is 6.50. The van der Waals surface area contributed by atoms with Crippen LogP contribution in [-0.2, 0) is 0 Å². The minimum atomic E-state index is 0.634. The van der Waals surface area contributed by atoms with Crippen LogP contribution in [0.5, 0.6) is 11.5 Å². The molecule has 0 N–H and O–H groups in total. The lowest BCUT2D eigenvalue weighted by Crippen LogP contribution is -2.03. The Morgan fingerprint density at radius 3 is 2.20 bits per heavy atom. The SMILES string of the molecule is c1ccc(-c2nc3ccc(-c4cccc(-c5cc6c7c(c5)c5ccccc5n7-c5ccccc5O6)c4)cc3o2)cc1. The van der Waals surface area contributed by atoms with E-state index < -0.39 is 0 Å². The smallest absolute Gasteiger partial charge is 0.227 e. The second-order valence-corrected chi connectivity index (χ2v) is 10.4. The number of para-hydroxylation sites is 3. The maximum Gasteiger partial charge on any atom is 0.227 e. The van der Waals surface area contributed by atoms with Gasteiger partial charge in [-0.3, -0.25) is 0 Å². The highest BCUT2D eigenvalue weighted by Crippen LogP contribution is 2.47. The van der Waals surface area contributed by atoms with Crippen LogP contribution >= 0.6 is 0 Å². The molecular formula is C37H22N2O2. The number of aromatic nitrogens is 2. The third-order valence-electron chi connectivity index (χ3n) is 8.00. The molecule has 1 aliphatic rings. The molecule has 8 aromatic rings. The Bertz CT molecular complexity index is 2290. The summed E-state index contributed by atoms with van der Waals surface area (Å²) < 4.78 is 15.0. The third kappa shape index (κ3) is 3.38. The van der Waals surface area contributed by atoms with Crippen LogP contribution in [0.25, 0.3) is 72.3 Å². The van der Waals surface area contributed by atoms with Gasteiger partial charge in [-0.2, -0.15) is 0 Å². The first-order valence-electron chi connectivity index (χ1n) is 13.7. The number of rotatable bonds is 3. The first kappa shape index (κ1) is 22.2. The molecule has 0 saturated heterocycles. The molecule has 0 unspecified atom stereocenters. The first-order valence-corrected chi connectivity index (χ1v) is 13.7. The summed E-state index contributed by atoms with van der Waals surface area (Å²) in [6, 6.07) is 46.2. The van der Waals surface area contributed by atoms with Gasteiger partial charge in [0.25, 0.3) is 0 Å². The second kappa shape index (κ2) is 8.44. The van der Waals surface area contributed by atoms with E-state index in [0.717, 1.165) is 61.6 Å². The molecule has 0 atom stereocenters. The molecule has 0 aliphatic carbocycles. The normalized spacial score (nSPS) is 12.1. The largest absolute Gasteiger partial charge is 0.453 e. The van der Waals surface area contributed by atoms with Crippen molar-refractivity contribution >= 4 is 32.9 Å². The molecule has 0 bridgehead atoms. The van der Waals surface area contributed by atoms with E-state index in [1.165, 1.54) is 16.3 Å². The first-order chi connectivity index (χ1) is 20.3. The highest BCUT2D eigenvalue weighted by Gasteiger charge is 2.24. The predicted molar refractivity (Wildman–Crippen MR) is 165 cm³/mol. The van der Waals surface area contributed by atoms with Crippen LogP contribution in [0, 0.1) is 0 Å². The summed E-state index contributed by atoms with van der Waals surface area (Å²) in [5.41, 5.74) is 10.4. The number of nitrogens with zero attached hydrogens (tertiary/aromatic N) is 2. The van der Waals surface area contributed by atoms with E-state index >= 15 is 0 Å². The van der Waals surface area contributed by atoms with Crippen LogP contribution in [-0.4, -0.2) is 9.55 Å². The van der Waals surface area contributed by atoms with E-state index in [1.807, 2.05) is 48.5 Å². The minimum Gasteiger partial charge on any atom is -0.453 e. The number of ether oxygens (including phenoxy) is 1. The third-order valence-corrected chi connectivity index (χ3v) is 8.00. The lowest BCUT2D eigenvalue weighted by Gasteiger charge is -2.21. The zero-order valence-electron chi connectivity index (χ0n) is 21.9. The molecule has 1 aliphatic heterocycles. The van der Waals surface area contributed by atoms with Crippen molar-refractivity contribution in [3.05, 3.63) is 133 Å². The molecule has 4 nitrogen and oxygen atoms in total. The molecule has 0 saturated carbocycles. The van der Waals surface area contributed by atoms with E-state index in [1.54, 1.807) is 0 Å². The highest BCUT2D eigenvalue weighted by atomic mass is 16.5. The van der Waals surface area contributed by atoms with Crippen molar-refractivity contribution in [2.75, 3.05) is 0 Å². The Morgan fingerprint density at radius 1 is 0.512 bits per heavy atom. The fourth-order valence-electron chi connectivity index (χ4n) is 6.09. The van der Waals surface area contributed by atoms with Crippen molar-refractivity contribution in [1.29, 1.82) is 0 Å². The van der Waals surface area contributed by atoms with Gasteiger partial charge in [0.15, 0.2) is 17.1 Å². The minimum absolute atomic E-state index is 0.634. The molecule has 3 heterocycles. The molecule has 2 aromatic heterocycles. The van der Waals surface area contributed by atoms with Crippen LogP contribution in [0.2, 0.25) is 0 Å². The molecule has 9 rings (SSSR count). The van der Waals surface area contributed by atoms with Crippen LogP contribution in [0.4, 0.5) is 0 Å². The van der Waals surface area contributed by atoms with Crippen LogP contribution in [0.15, 0.2) is 138 Å². The van der Waals surface area contributed by atoms with Gasteiger partial charge in [-0.1, -0.05) is 72.8 Å². The fraction of sp³-hybridized carbons (Fsp3) is 0. The Kier molecular flexibility index (Phi) is 4.58. The van der Waals surface area contributed by atoms with Crippen molar-refractivity contribution in [1.82, 2.24) is 9.55 Å². The molecule has 4 heteroatoms. The molecule has 192 valence electrons. The second-order valence-electron chi connectivity index (χ2n) is 10.4. The predicted octanol–water partition coefficient (Wildman–Crippen LogP) is 10.0. The van der Waals surface area contributed by atoms with Crippen molar-refractivity contribution in [3.8, 4) is 50.9 Å². The van der Waals surface area contributed by atoms with Crippen LogP contribution in [0.3, 0.4) is 0 Å². The maximum absolute atomic E-state index is 6.50. The zero-order chi connectivity index (χ0) is 26.9. The molecule has 0 radical (unpaired) electrons. The average Bonchev–Trinajstić information content (AvgIpc) is 3.62.